The molecular weight excluding hydrogens is 252 g/mol. The molecule has 2 aliphatic heterocycles. The third-order valence-corrected chi connectivity index (χ3v) is 4.59. The number of likely N-dealkylation sites (tertiary alicyclic amines) is 1. The zero-order valence-corrected chi connectivity index (χ0v) is 12.5. The Morgan fingerprint density at radius 2 is 2.15 bits per heavy atom. The molecule has 5 heteroatoms. The SMILES string of the molecule is CCCn1nccc1C(=O)N1[C@@H]2CC[C@H]1CN(C)CC2. The van der Waals surface area contributed by atoms with E-state index in [1.54, 1.807) is 6.20 Å². The van der Waals surface area contributed by atoms with E-state index in [-0.39, 0.29) is 5.91 Å². The van der Waals surface area contributed by atoms with Crippen LogP contribution in [0.5, 0.6) is 0 Å². The molecule has 2 fully saturated rings. The van der Waals surface area contributed by atoms with Crippen LogP contribution in [-0.4, -0.2) is 57.7 Å². The lowest BCUT2D eigenvalue weighted by atomic mass is 10.1. The van der Waals surface area contributed by atoms with Crippen LogP contribution >= 0.6 is 0 Å². The minimum atomic E-state index is 0.179. The van der Waals surface area contributed by atoms with Crippen molar-refractivity contribution in [1.82, 2.24) is 19.6 Å². The molecule has 0 unspecified atom stereocenters. The van der Waals surface area contributed by atoms with Crippen LogP contribution in [0.4, 0.5) is 0 Å². The van der Waals surface area contributed by atoms with Gasteiger partial charge in [0, 0.05) is 31.4 Å². The topological polar surface area (TPSA) is 41.4 Å². The number of carbonyl (C=O) groups excluding carboxylic acids is 1. The smallest absolute Gasteiger partial charge is 0.272 e. The zero-order chi connectivity index (χ0) is 14.1. The maximum Gasteiger partial charge on any atom is 0.272 e. The summed E-state index contributed by atoms with van der Waals surface area (Å²) in [6, 6.07) is 2.67. The molecule has 2 bridgehead atoms. The fourth-order valence-corrected chi connectivity index (χ4v) is 3.61. The minimum absolute atomic E-state index is 0.179. The molecule has 20 heavy (non-hydrogen) atoms. The van der Waals surface area contributed by atoms with Gasteiger partial charge in [0.1, 0.15) is 5.69 Å². The summed E-state index contributed by atoms with van der Waals surface area (Å²) in [5.41, 5.74) is 0.758. The predicted molar refractivity (Wildman–Crippen MR) is 77.6 cm³/mol. The second-order valence-corrected chi connectivity index (χ2v) is 6.09. The molecule has 1 amide bonds. The highest BCUT2D eigenvalue weighted by Gasteiger charge is 2.40. The van der Waals surface area contributed by atoms with E-state index in [0.29, 0.717) is 12.1 Å². The summed E-state index contributed by atoms with van der Waals surface area (Å²) in [7, 11) is 2.16. The standard InChI is InChI=1S/C15H24N4O/c1-3-9-18-14(6-8-16-18)15(20)19-12-4-5-13(19)11-17(2)10-7-12/h6,8,12-13H,3-5,7,9-11H2,1-2H3/t12-,13+/m1/s1. The number of aromatic nitrogens is 2. The third kappa shape index (κ3) is 2.35. The quantitative estimate of drug-likeness (QED) is 0.842. The first-order valence-corrected chi connectivity index (χ1v) is 7.73. The summed E-state index contributed by atoms with van der Waals surface area (Å²) in [6.07, 6.45) is 6.14. The van der Waals surface area contributed by atoms with E-state index in [0.717, 1.165) is 51.0 Å². The molecule has 0 aliphatic carbocycles. The first kappa shape index (κ1) is 13.6. The van der Waals surface area contributed by atoms with Crippen molar-refractivity contribution in [1.29, 1.82) is 0 Å². The van der Waals surface area contributed by atoms with E-state index in [1.807, 2.05) is 10.7 Å². The monoisotopic (exact) mass is 276 g/mol. The number of hydrogen-bond donors (Lipinski definition) is 0. The molecule has 3 rings (SSSR count). The van der Waals surface area contributed by atoms with Gasteiger partial charge in [0.15, 0.2) is 0 Å². The van der Waals surface area contributed by atoms with Gasteiger partial charge in [0.2, 0.25) is 0 Å². The van der Waals surface area contributed by atoms with Crippen molar-refractivity contribution in [2.45, 2.75) is 51.2 Å². The normalized spacial score (nSPS) is 26.8. The molecule has 0 aromatic carbocycles. The largest absolute Gasteiger partial charge is 0.330 e. The van der Waals surface area contributed by atoms with E-state index >= 15 is 0 Å². The van der Waals surface area contributed by atoms with Crippen molar-refractivity contribution in [2.75, 3.05) is 20.1 Å². The summed E-state index contributed by atoms with van der Waals surface area (Å²) in [5.74, 6) is 0.179. The minimum Gasteiger partial charge on any atom is -0.330 e. The zero-order valence-electron chi connectivity index (χ0n) is 12.5. The number of hydrogen-bond acceptors (Lipinski definition) is 3. The molecule has 1 aromatic rings. The Labute approximate surface area is 120 Å². The molecule has 110 valence electrons. The van der Waals surface area contributed by atoms with Gasteiger partial charge in [0.05, 0.1) is 0 Å². The van der Waals surface area contributed by atoms with E-state index in [9.17, 15) is 4.79 Å². The van der Waals surface area contributed by atoms with Gasteiger partial charge >= 0.3 is 0 Å². The maximum atomic E-state index is 12.9. The molecule has 2 atom stereocenters. The van der Waals surface area contributed by atoms with Crippen molar-refractivity contribution < 1.29 is 4.79 Å². The van der Waals surface area contributed by atoms with Crippen LogP contribution in [-0.2, 0) is 6.54 Å². The van der Waals surface area contributed by atoms with Gasteiger partial charge in [0.25, 0.3) is 5.91 Å². The summed E-state index contributed by atoms with van der Waals surface area (Å²) >= 11 is 0. The van der Waals surface area contributed by atoms with Gasteiger partial charge in [-0.25, -0.2) is 0 Å². The Morgan fingerprint density at radius 1 is 1.35 bits per heavy atom. The molecule has 3 heterocycles. The van der Waals surface area contributed by atoms with E-state index < -0.39 is 0 Å². The average molecular weight is 276 g/mol. The molecule has 1 aromatic heterocycles. The summed E-state index contributed by atoms with van der Waals surface area (Å²) < 4.78 is 1.86. The number of carbonyl (C=O) groups is 1. The average Bonchev–Trinajstić information content (AvgIpc) is 2.98. The van der Waals surface area contributed by atoms with Gasteiger partial charge in [-0.1, -0.05) is 6.92 Å². The fraction of sp³-hybridized carbons (Fsp3) is 0.733. The molecule has 0 radical (unpaired) electrons. The maximum absolute atomic E-state index is 12.9. The number of likely N-dealkylation sites (N-methyl/N-ethyl adjacent to an activating group) is 1. The van der Waals surface area contributed by atoms with E-state index in [1.165, 1.54) is 0 Å². The van der Waals surface area contributed by atoms with Crippen molar-refractivity contribution in [2.24, 2.45) is 0 Å². The Hall–Kier alpha value is -1.36. The lowest BCUT2D eigenvalue weighted by Crippen LogP contribution is -2.43. The van der Waals surface area contributed by atoms with Crippen molar-refractivity contribution >= 4 is 5.91 Å². The lowest BCUT2D eigenvalue weighted by Gasteiger charge is -2.28. The van der Waals surface area contributed by atoms with Crippen LogP contribution < -0.4 is 0 Å². The molecule has 5 nitrogen and oxygen atoms in total. The number of aryl methyl sites for hydroxylation is 1. The Bertz CT molecular complexity index is 484. The van der Waals surface area contributed by atoms with Gasteiger partial charge in [-0.15, -0.1) is 0 Å². The number of amides is 1. The van der Waals surface area contributed by atoms with Crippen molar-refractivity contribution in [3.05, 3.63) is 18.0 Å². The highest BCUT2D eigenvalue weighted by molar-refractivity contribution is 5.93. The predicted octanol–water partition coefficient (Wildman–Crippen LogP) is 1.60. The Morgan fingerprint density at radius 3 is 2.95 bits per heavy atom. The van der Waals surface area contributed by atoms with Crippen LogP contribution in [0.2, 0.25) is 0 Å². The van der Waals surface area contributed by atoms with Crippen LogP contribution in [0.3, 0.4) is 0 Å². The lowest BCUT2D eigenvalue weighted by molar-refractivity contribution is 0.0660. The second kappa shape index (κ2) is 5.56. The third-order valence-electron chi connectivity index (χ3n) is 4.59. The van der Waals surface area contributed by atoms with Gasteiger partial charge < -0.3 is 9.80 Å². The Kier molecular flexibility index (Phi) is 3.78. The molecular formula is C15H24N4O. The van der Waals surface area contributed by atoms with Gasteiger partial charge in [-0.2, -0.15) is 5.10 Å². The molecule has 2 aliphatic rings. The van der Waals surface area contributed by atoms with Gasteiger partial charge in [-0.3, -0.25) is 9.48 Å². The fourth-order valence-electron chi connectivity index (χ4n) is 3.61. The number of rotatable bonds is 3. The first-order valence-electron chi connectivity index (χ1n) is 7.73. The van der Waals surface area contributed by atoms with E-state index in [2.05, 4.69) is 28.9 Å². The van der Waals surface area contributed by atoms with Crippen LogP contribution in [0.1, 0.15) is 43.1 Å². The van der Waals surface area contributed by atoms with E-state index in [4.69, 9.17) is 0 Å². The van der Waals surface area contributed by atoms with Crippen LogP contribution in [0, 0.1) is 0 Å². The summed E-state index contributed by atoms with van der Waals surface area (Å²) in [5, 5.41) is 4.29. The highest BCUT2D eigenvalue weighted by Crippen LogP contribution is 2.31. The Balaban J connectivity index is 1.84. The highest BCUT2D eigenvalue weighted by atomic mass is 16.2. The van der Waals surface area contributed by atoms with Crippen molar-refractivity contribution in [3.63, 3.8) is 0 Å². The second-order valence-electron chi connectivity index (χ2n) is 6.09. The summed E-state index contributed by atoms with van der Waals surface area (Å²) in [6.45, 7) is 5.03. The van der Waals surface area contributed by atoms with Crippen molar-refractivity contribution in [3.8, 4) is 0 Å². The van der Waals surface area contributed by atoms with Crippen LogP contribution in [0.25, 0.3) is 0 Å². The molecule has 0 N–H and O–H groups in total. The molecule has 0 saturated carbocycles. The summed E-state index contributed by atoms with van der Waals surface area (Å²) in [4.78, 5) is 17.4. The van der Waals surface area contributed by atoms with Crippen LogP contribution in [0.15, 0.2) is 12.3 Å². The molecule has 0 spiro atoms. The number of nitrogens with zero attached hydrogens (tertiary/aromatic N) is 4. The number of fused-ring (bicyclic) bond motifs is 2. The van der Waals surface area contributed by atoms with Gasteiger partial charge in [-0.05, 0) is 45.3 Å². The first-order chi connectivity index (χ1) is 9.70. The molecule has 2 saturated heterocycles.